The number of aliphatic hydroxyl groups excluding tert-OH is 1. The number of aromatic hydroxyl groups is 1. The van der Waals surface area contributed by atoms with E-state index in [4.69, 9.17) is 14.4 Å². The van der Waals surface area contributed by atoms with E-state index in [1.54, 1.807) is 0 Å². The third-order valence-electron chi connectivity index (χ3n) is 2.52. The van der Waals surface area contributed by atoms with Crippen LogP contribution in [0.5, 0.6) is 5.75 Å². The number of halogens is 3. The largest absolute Gasteiger partial charge is 0.508 e. The molecule has 0 fully saturated rings. The predicted octanol–water partition coefficient (Wildman–Crippen LogP) is 1.47. The number of ether oxygens (including phenoxy) is 1. The van der Waals surface area contributed by atoms with Gasteiger partial charge in [0.2, 0.25) is 0 Å². The summed E-state index contributed by atoms with van der Waals surface area (Å²) < 4.78 is 71.5. The molecule has 0 bridgehead atoms. The first-order valence-corrected chi connectivity index (χ1v) is 7.07. The molecule has 1 unspecified atom stereocenters. The minimum Gasteiger partial charge on any atom is -0.508 e. The van der Waals surface area contributed by atoms with Gasteiger partial charge in [0.1, 0.15) is 5.75 Å². The van der Waals surface area contributed by atoms with Gasteiger partial charge in [-0.2, -0.15) is 21.6 Å². The topological polar surface area (TPSA) is 104 Å². The quantitative estimate of drug-likeness (QED) is 0.539. The second-order valence-corrected chi connectivity index (χ2v) is 5.59. The van der Waals surface area contributed by atoms with Crippen LogP contribution in [-0.4, -0.2) is 42.1 Å². The van der Waals surface area contributed by atoms with Gasteiger partial charge in [-0.1, -0.05) is 0 Å². The molecule has 1 aromatic rings. The number of hydrogen-bond acceptors (Lipinski definition) is 5. The summed E-state index contributed by atoms with van der Waals surface area (Å²) in [5.74, 6) is -0.334. The normalized spacial score (nSPS) is 14.1. The van der Waals surface area contributed by atoms with E-state index in [1.807, 2.05) is 0 Å². The van der Waals surface area contributed by atoms with Gasteiger partial charge in [0, 0.05) is 18.6 Å². The minimum absolute atomic E-state index is 0.0216. The Morgan fingerprint density at radius 3 is 2.43 bits per heavy atom. The first kappa shape index (κ1) is 17.7. The molecule has 0 amide bonds. The second kappa shape index (κ2) is 6.60. The molecule has 1 atom stereocenters. The molecule has 21 heavy (non-hydrogen) atoms. The van der Waals surface area contributed by atoms with Gasteiger partial charge in [0.15, 0.2) is 6.10 Å². The van der Waals surface area contributed by atoms with Gasteiger partial charge in [0.05, 0.1) is 11.5 Å². The molecule has 1 rings (SSSR count). The molecule has 3 N–H and O–H groups in total. The lowest BCUT2D eigenvalue weighted by molar-refractivity contribution is -0.208. The lowest BCUT2D eigenvalue weighted by Crippen LogP contribution is -2.29. The van der Waals surface area contributed by atoms with Crippen LogP contribution in [0.25, 0.3) is 0 Å². The van der Waals surface area contributed by atoms with Crippen molar-refractivity contribution in [2.75, 3.05) is 6.61 Å². The molecule has 0 saturated carbocycles. The Morgan fingerprint density at radius 1 is 1.29 bits per heavy atom. The number of phenols is 1. The number of hydrogen-bond donors (Lipinski definition) is 3. The molecule has 0 aliphatic rings. The molecule has 0 saturated heterocycles. The van der Waals surface area contributed by atoms with E-state index >= 15 is 0 Å². The molecule has 0 spiro atoms. The van der Waals surface area contributed by atoms with Crippen LogP contribution in [0.1, 0.15) is 12.0 Å². The minimum atomic E-state index is -4.74. The number of rotatable bonds is 6. The van der Waals surface area contributed by atoms with Gasteiger partial charge in [-0.15, -0.1) is 0 Å². The van der Waals surface area contributed by atoms with Crippen LogP contribution in [0.3, 0.4) is 0 Å². The highest BCUT2D eigenvalue weighted by molar-refractivity contribution is 7.85. The first-order valence-electron chi connectivity index (χ1n) is 5.63. The lowest BCUT2D eigenvalue weighted by atomic mass is 10.2. The maximum absolute atomic E-state index is 12.0. The van der Waals surface area contributed by atoms with E-state index in [0.717, 1.165) is 18.2 Å². The van der Waals surface area contributed by atoms with Gasteiger partial charge in [-0.05, 0) is 18.2 Å². The summed E-state index contributed by atoms with van der Waals surface area (Å²) in [6, 6.07) is 2.90. The molecule has 0 aliphatic heterocycles. The monoisotopic (exact) mass is 330 g/mol. The summed E-state index contributed by atoms with van der Waals surface area (Å²) in [5, 5.41) is 18.2. The zero-order chi connectivity index (χ0) is 16.3. The van der Waals surface area contributed by atoms with Gasteiger partial charge >= 0.3 is 6.18 Å². The maximum atomic E-state index is 12.0. The van der Waals surface area contributed by atoms with Gasteiger partial charge in [-0.25, -0.2) is 0 Å². The molecule has 0 aliphatic carbocycles. The van der Waals surface area contributed by atoms with Gasteiger partial charge < -0.3 is 14.9 Å². The van der Waals surface area contributed by atoms with Crippen molar-refractivity contribution in [2.24, 2.45) is 0 Å². The fraction of sp³-hybridized carbons (Fsp3) is 0.455. The zero-order valence-corrected chi connectivity index (χ0v) is 11.4. The zero-order valence-electron chi connectivity index (χ0n) is 10.5. The molecular weight excluding hydrogens is 317 g/mol. The average Bonchev–Trinajstić information content (AvgIpc) is 2.33. The van der Waals surface area contributed by atoms with Crippen molar-refractivity contribution in [2.45, 2.75) is 30.2 Å². The average molecular weight is 330 g/mol. The fourth-order valence-electron chi connectivity index (χ4n) is 1.38. The van der Waals surface area contributed by atoms with Crippen LogP contribution >= 0.6 is 0 Å². The van der Waals surface area contributed by atoms with Crippen molar-refractivity contribution in [3.8, 4) is 5.75 Å². The predicted molar refractivity (Wildman–Crippen MR) is 64.3 cm³/mol. The van der Waals surface area contributed by atoms with Crippen LogP contribution in [-0.2, 0) is 21.5 Å². The van der Waals surface area contributed by atoms with Crippen LogP contribution in [0.2, 0.25) is 0 Å². The third kappa shape index (κ3) is 5.50. The van der Waals surface area contributed by atoms with Crippen LogP contribution in [0, 0.1) is 0 Å². The van der Waals surface area contributed by atoms with E-state index in [-0.39, 0.29) is 17.9 Å². The summed E-state index contributed by atoms with van der Waals surface area (Å²) in [6.07, 6.45) is -7.95. The third-order valence-corrected chi connectivity index (χ3v) is 3.37. The van der Waals surface area contributed by atoms with Gasteiger partial charge in [-0.3, -0.25) is 4.55 Å². The Balaban J connectivity index is 2.60. The highest BCUT2D eigenvalue weighted by Gasteiger charge is 2.37. The molecule has 10 heteroatoms. The van der Waals surface area contributed by atoms with Crippen molar-refractivity contribution < 1.29 is 41.1 Å². The number of phenolic OH excluding ortho intramolecular Hbond substituents is 1. The highest BCUT2D eigenvalue weighted by atomic mass is 32.2. The first-order chi connectivity index (χ1) is 9.51. The lowest BCUT2D eigenvalue weighted by Gasteiger charge is -2.14. The molecule has 1 aromatic carbocycles. The summed E-state index contributed by atoms with van der Waals surface area (Å²) in [7, 11) is -4.46. The van der Waals surface area contributed by atoms with Crippen LogP contribution in [0.15, 0.2) is 23.1 Å². The van der Waals surface area contributed by atoms with Crippen LogP contribution < -0.4 is 0 Å². The fourth-order valence-corrected chi connectivity index (χ4v) is 1.91. The Hall–Kier alpha value is -1.36. The van der Waals surface area contributed by atoms with Crippen molar-refractivity contribution in [1.29, 1.82) is 0 Å². The molecule has 0 aromatic heterocycles. The molecule has 0 radical (unpaired) electrons. The van der Waals surface area contributed by atoms with Crippen molar-refractivity contribution >= 4 is 10.1 Å². The summed E-state index contributed by atoms with van der Waals surface area (Å²) >= 11 is 0. The van der Waals surface area contributed by atoms with Crippen molar-refractivity contribution in [3.63, 3.8) is 0 Å². The molecular formula is C11H13F3O6S. The standard InChI is InChI=1S/C11H13F3O6S/c12-11(13,14)10(16)3-4-20-6-7-5-8(21(17,18)19)1-2-9(7)15/h1-2,5,10,15-16H,3-4,6H2,(H,17,18,19). The van der Waals surface area contributed by atoms with Gasteiger partial charge in [0.25, 0.3) is 10.1 Å². The SMILES string of the molecule is O=S(=O)(O)c1ccc(O)c(COCCC(O)C(F)(F)F)c1. The Kier molecular flexibility index (Phi) is 5.56. The Bertz CT molecular complexity index is 584. The van der Waals surface area contributed by atoms with E-state index in [2.05, 4.69) is 0 Å². The van der Waals surface area contributed by atoms with E-state index in [9.17, 15) is 26.7 Å². The van der Waals surface area contributed by atoms with Crippen molar-refractivity contribution in [3.05, 3.63) is 23.8 Å². The smallest absolute Gasteiger partial charge is 0.414 e. The molecule has 6 nitrogen and oxygen atoms in total. The Labute approximate surface area is 118 Å². The highest BCUT2D eigenvalue weighted by Crippen LogP contribution is 2.24. The number of alkyl halides is 3. The van der Waals surface area contributed by atoms with E-state index < -0.39 is 40.3 Å². The van der Waals surface area contributed by atoms with Crippen molar-refractivity contribution in [1.82, 2.24) is 0 Å². The second-order valence-electron chi connectivity index (χ2n) is 4.16. The summed E-state index contributed by atoms with van der Waals surface area (Å²) in [6.45, 7) is -0.823. The van der Waals surface area contributed by atoms with E-state index in [1.165, 1.54) is 0 Å². The summed E-state index contributed by atoms with van der Waals surface area (Å²) in [4.78, 5) is -0.478. The number of benzene rings is 1. The van der Waals surface area contributed by atoms with Crippen LogP contribution in [0.4, 0.5) is 13.2 Å². The van der Waals surface area contributed by atoms with E-state index in [0.29, 0.717) is 0 Å². The molecule has 120 valence electrons. The summed E-state index contributed by atoms with van der Waals surface area (Å²) in [5.41, 5.74) is -0.0216. The Morgan fingerprint density at radius 2 is 1.90 bits per heavy atom. The number of aliphatic hydroxyl groups is 1. The molecule has 0 heterocycles. The maximum Gasteiger partial charge on any atom is 0.414 e.